The minimum atomic E-state index is -1.98. The number of hydrogen-bond acceptors (Lipinski definition) is 18. The molecule has 31 heteroatoms. The lowest BCUT2D eigenvalue weighted by Gasteiger charge is -2.29. The number of nitrogens with two attached hydrogens (primary N) is 4. The van der Waals surface area contributed by atoms with Gasteiger partial charge in [0.1, 0.15) is 54.1 Å². The highest BCUT2D eigenvalue weighted by Crippen LogP contribution is 2.21. The summed E-state index contributed by atoms with van der Waals surface area (Å²) in [7, 11) is 0. The number of thioether (sulfide) groups is 1. The van der Waals surface area contributed by atoms with Crippen molar-refractivity contribution in [3.63, 3.8) is 0 Å². The van der Waals surface area contributed by atoms with Crippen molar-refractivity contribution in [2.24, 2.45) is 34.8 Å². The normalized spacial score (nSPS) is 15.5. The van der Waals surface area contributed by atoms with Gasteiger partial charge in [0.05, 0.1) is 18.5 Å². The molecule has 1 aliphatic heterocycles. The SMILES string of the molecule is CC(=O)NCCSC(=O)[C@H](CC(C)C)NC(=O)[C@H](CCCN)NC(=O)[C@@H](NC(=O)[C@H](Cc1ccc(O)cc1)NC(=O)[C@H](CCC(N)=O)NC(=O)[C@H](CC(N)=O)NC(=O)[C@H](CCC(=O)O)NC(=O)[C@H](Cc1ccccc1)NC(=O)[C@@H]1CCCN1C(=O)[C@H](N)Cc1ccccc1)C(C)C. The van der Waals surface area contributed by atoms with Gasteiger partial charge in [-0.25, -0.2) is 0 Å². The number of aromatic hydroxyl groups is 1. The monoisotopic (exact) mass is 1370 g/mol. The zero-order valence-electron chi connectivity index (χ0n) is 55.3. The van der Waals surface area contributed by atoms with Gasteiger partial charge in [-0.15, -0.1) is 0 Å². The van der Waals surface area contributed by atoms with Crippen molar-refractivity contribution in [3.05, 3.63) is 102 Å². The molecule has 3 aromatic rings. The van der Waals surface area contributed by atoms with E-state index in [2.05, 4.69) is 47.9 Å². The van der Waals surface area contributed by atoms with Crippen molar-refractivity contribution >= 4 is 93.7 Å². The highest BCUT2D eigenvalue weighted by molar-refractivity contribution is 8.13. The zero-order valence-corrected chi connectivity index (χ0v) is 56.1. The van der Waals surface area contributed by atoms with Crippen LogP contribution in [-0.2, 0) is 86.4 Å². The lowest BCUT2D eigenvalue weighted by atomic mass is 9.99. The largest absolute Gasteiger partial charge is 0.508 e. The topological polar surface area (TPSA) is 495 Å². The minimum absolute atomic E-state index is 0.0180. The summed E-state index contributed by atoms with van der Waals surface area (Å²) in [6.07, 6.45) is -2.59. The molecule has 0 bridgehead atoms. The minimum Gasteiger partial charge on any atom is -0.508 e. The molecule has 530 valence electrons. The maximum atomic E-state index is 14.6. The number of carboxylic acids is 1. The number of phenolic OH excluding ortho intramolecular Hbond substituents is 1. The van der Waals surface area contributed by atoms with Gasteiger partial charge in [0, 0.05) is 51.4 Å². The third-order valence-electron chi connectivity index (χ3n) is 15.6. The molecule has 1 aliphatic rings. The predicted molar refractivity (Wildman–Crippen MR) is 358 cm³/mol. The molecule has 12 amide bonds. The van der Waals surface area contributed by atoms with Crippen molar-refractivity contribution < 1.29 is 77.3 Å². The smallest absolute Gasteiger partial charge is 0.303 e. The summed E-state index contributed by atoms with van der Waals surface area (Å²) in [5, 5.41) is 42.5. The van der Waals surface area contributed by atoms with Gasteiger partial charge in [0.25, 0.3) is 0 Å². The first-order chi connectivity index (χ1) is 46.0. The number of nitrogens with one attached hydrogen (secondary N) is 9. The number of benzene rings is 3. The molecule has 1 heterocycles. The molecule has 0 spiro atoms. The third kappa shape index (κ3) is 28.4. The lowest BCUT2D eigenvalue weighted by Crippen LogP contribution is -2.61. The van der Waals surface area contributed by atoms with Crippen LogP contribution in [0.15, 0.2) is 84.9 Å². The molecule has 3 aromatic carbocycles. The molecule has 30 nitrogen and oxygen atoms in total. The second-order valence-electron chi connectivity index (χ2n) is 24.5. The van der Waals surface area contributed by atoms with E-state index in [4.69, 9.17) is 22.9 Å². The van der Waals surface area contributed by atoms with Gasteiger partial charge >= 0.3 is 5.97 Å². The number of amides is 12. The van der Waals surface area contributed by atoms with Gasteiger partial charge in [-0.05, 0) is 98.6 Å². The maximum absolute atomic E-state index is 14.6. The highest BCUT2D eigenvalue weighted by Gasteiger charge is 2.40. The number of rotatable bonds is 41. The Labute approximate surface area is 567 Å². The quantitative estimate of drug-likeness (QED) is 0.0286. The van der Waals surface area contributed by atoms with E-state index in [1.807, 2.05) is 32.0 Å². The number of carbonyl (C=O) groups excluding carboxylic acids is 13. The summed E-state index contributed by atoms with van der Waals surface area (Å²) in [6.45, 7) is 8.74. The molecule has 0 aliphatic carbocycles. The number of primary amides is 2. The number of aliphatic carboxylic acids is 1. The van der Waals surface area contributed by atoms with Crippen LogP contribution in [0.4, 0.5) is 0 Å². The zero-order chi connectivity index (χ0) is 71.9. The Morgan fingerprint density at radius 2 is 1.04 bits per heavy atom. The van der Waals surface area contributed by atoms with Crippen LogP contribution in [0.1, 0.15) is 116 Å². The maximum Gasteiger partial charge on any atom is 0.303 e. The second-order valence-corrected chi connectivity index (χ2v) is 25.6. The molecule has 19 N–H and O–H groups in total. The lowest BCUT2D eigenvalue weighted by molar-refractivity contribution is -0.141. The average Bonchev–Trinajstić information content (AvgIpc) is 1.04. The molecule has 0 aromatic heterocycles. The molecule has 4 rings (SSSR count). The number of carboxylic acid groups (broad SMARTS) is 1. The highest BCUT2D eigenvalue weighted by atomic mass is 32.2. The van der Waals surface area contributed by atoms with Gasteiger partial charge in [-0.3, -0.25) is 67.1 Å². The van der Waals surface area contributed by atoms with E-state index in [1.54, 1.807) is 56.3 Å². The molecule has 97 heavy (non-hydrogen) atoms. The average molecular weight is 1370 g/mol. The second kappa shape index (κ2) is 40.8. The van der Waals surface area contributed by atoms with Gasteiger partial charge in [0.2, 0.25) is 76.0 Å². The fourth-order valence-corrected chi connectivity index (χ4v) is 11.3. The first-order valence-corrected chi connectivity index (χ1v) is 33.2. The van der Waals surface area contributed by atoms with Crippen molar-refractivity contribution in [3.8, 4) is 5.75 Å². The fourth-order valence-electron chi connectivity index (χ4n) is 10.5. The van der Waals surface area contributed by atoms with E-state index in [9.17, 15) is 77.3 Å². The van der Waals surface area contributed by atoms with Crippen LogP contribution in [-0.4, -0.2) is 183 Å². The molecule has 0 unspecified atom stereocenters. The van der Waals surface area contributed by atoms with Crippen LogP contribution < -0.4 is 70.8 Å². The number of nitrogens with zero attached hydrogens (tertiary/aromatic N) is 1. The summed E-state index contributed by atoms with van der Waals surface area (Å²) in [5.41, 5.74) is 24.9. The molecule has 0 saturated carbocycles. The molecule has 1 fully saturated rings. The predicted octanol–water partition coefficient (Wildman–Crippen LogP) is -1.54. The van der Waals surface area contributed by atoms with Crippen LogP contribution in [0.25, 0.3) is 0 Å². The van der Waals surface area contributed by atoms with Gasteiger partial charge < -0.3 is 85.9 Å². The number of hydrogen-bond donors (Lipinski definition) is 15. The van der Waals surface area contributed by atoms with Gasteiger partial charge in [0.15, 0.2) is 0 Å². The summed E-state index contributed by atoms with van der Waals surface area (Å²) in [5.74, 6) is -12.9. The fraction of sp³-hybridized carbons (Fsp3) is 0.515. The summed E-state index contributed by atoms with van der Waals surface area (Å²) >= 11 is 0.917. The van der Waals surface area contributed by atoms with E-state index in [0.717, 1.165) is 17.3 Å². The Kier molecular flexibility index (Phi) is 33.6. The van der Waals surface area contributed by atoms with Crippen LogP contribution >= 0.6 is 11.8 Å². The molecule has 0 radical (unpaired) electrons. The third-order valence-corrected chi connectivity index (χ3v) is 16.6. The van der Waals surface area contributed by atoms with E-state index in [0.29, 0.717) is 17.5 Å². The molecular formula is C66H94N14O16S. The van der Waals surface area contributed by atoms with Crippen LogP contribution in [0, 0.1) is 11.8 Å². The Morgan fingerprint density at radius 3 is 1.57 bits per heavy atom. The van der Waals surface area contributed by atoms with Crippen LogP contribution in [0.2, 0.25) is 0 Å². The summed E-state index contributed by atoms with van der Waals surface area (Å²) in [4.78, 5) is 192. The van der Waals surface area contributed by atoms with E-state index < -0.39 is 169 Å². The van der Waals surface area contributed by atoms with Crippen molar-refractivity contribution in [2.75, 3.05) is 25.4 Å². The van der Waals surface area contributed by atoms with E-state index in [1.165, 1.54) is 36.1 Å². The Balaban J connectivity index is 1.60. The first kappa shape index (κ1) is 79.9. The summed E-state index contributed by atoms with van der Waals surface area (Å²) in [6, 6.07) is 8.53. The number of likely N-dealkylation sites (tertiary alicyclic amines) is 1. The molecule has 10 atom stereocenters. The number of phenols is 1. The van der Waals surface area contributed by atoms with Crippen molar-refractivity contribution in [1.82, 2.24) is 52.8 Å². The molecular weight excluding hydrogens is 1280 g/mol. The van der Waals surface area contributed by atoms with Crippen molar-refractivity contribution in [1.29, 1.82) is 0 Å². The van der Waals surface area contributed by atoms with Gasteiger partial charge in [-0.1, -0.05) is 112 Å². The van der Waals surface area contributed by atoms with Crippen LogP contribution in [0.5, 0.6) is 5.75 Å². The Bertz CT molecular complexity index is 3200. The van der Waals surface area contributed by atoms with Gasteiger partial charge in [-0.2, -0.15) is 0 Å². The molecule has 1 saturated heterocycles. The van der Waals surface area contributed by atoms with E-state index in [-0.39, 0.29) is 93.0 Å². The van der Waals surface area contributed by atoms with Crippen LogP contribution in [0.3, 0.4) is 0 Å². The first-order valence-electron chi connectivity index (χ1n) is 32.2. The number of carbonyl (C=O) groups is 14. The Hall–Kier alpha value is -9.49. The standard InChI is InChI=1S/C66H94N14O16S/c1-37(2)32-51(66(96)97-31-29-71-39(5)81)78-57(87)45(18-12-28-67)74-64(94)56(38(3)4)79-62(92)49(35-42-20-22-43(82)23-21-42)75-58(88)46(24-26-53(69)83)72-61(91)50(36-54(70)84)76-59(89)47(25-27-55(85)86)73-60(90)48(34-41-16-10-7-11-17-41)77-63(93)52-19-13-30-80(52)65(95)44(68)33-40-14-8-6-9-15-40/h6-11,14-17,20-23,37-38,44-52,56,82H,12-13,18-19,24-36,67-68H2,1-5H3,(H2,69,83)(H2,70,84)(H,71,81)(H,72,91)(H,73,90)(H,74,94)(H,75,88)(H,76,89)(H,77,93)(H,78,87)(H,79,92)(H,85,86)/t44-,45+,46+,47+,48+,49+,50+,51+,52+,56+/m1/s1. The van der Waals surface area contributed by atoms with Crippen molar-refractivity contribution in [2.45, 2.75) is 179 Å². The van der Waals surface area contributed by atoms with E-state index >= 15 is 0 Å². The summed E-state index contributed by atoms with van der Waals surface area (Å²) < 4.78 is 0. The Morgan fingerprint density at radius 1 is 0.567 bits per heavy atom.